The van der Waals surface area contributed by atoms with Crippen LogP contribution in [0.25, 0.3) is 0 Å². The first kappa shape index (κ1) is 25.2. The molecule has 2 aromatic carbocycles. The molecule has 1 saturated carbocycles. The van der Waals surface area contributed by atoms with Crippen LogP contribution in [0.1, 0.15) is 44.6 Å². The molecule has 8 heteroatoms. The van der Waals surface area contributed by atoms with Gasteiger partial charge in [0, 0.05) is 17.6 Å². The highest BCUT2D eigenvalue weighted by atomic mass is 35.5. The number of nitrogens with zero attached hydrogens (tertiary/aromatic N) is 1. The summed E-state index contributed by atoms with van der Waals surface area (Å²) in [4.78, 5) is 27.8. The van der Waals surface area contributed by atoms with Crippen molar-refractivity contribution in [3.63, 3.8) is 0 Å². The van der Waals surface area contributed by atoms with Crippen molar-refractivity contribution in [2.75, 3.05) is 13.7 Å². The number of nitrogens with one attached hydrogen (secondary N) is 1. The highest BCUT2D eigenvalue weighted by Crippen LogP contribution is 2.27. The number of halogens is 2. The van der Waals surface area contributed by atoms with Crippen molar-refractivity contribution < 1.29 is 19.1 Å². The molecule has 0 aromatic heterocycles. The summed E-state index contributed by atoms with van der Waals surface area (Å²) in [6.45, 7) is 1.73. The topological polar surface area (TPSA) is 67.9 Å². The van der Waals surface area contributed by atoms with Gasteiger partial charge in [0.05, 0.1) is 12.1 Å². The Labute approximate surface area is 205 Å². The fourth-order valence-corrected chi connectivity index (χ4v) is 4.40. The average molecular weight is 493 g/mol. The number of carbonyl (C=O) groups is 2. The van der Waals surface area contributed by atoms with Crippen molar-refractivity contribution in [1.82, 2.24) is 10.2 Å². The molecule has 1 aliphatic rings. The lowest BCUT2D eigenvalue weighted by molar-refractivity contribution is -0.142. The summed E-state index contributed by atoms with van der Waals surface area (Å²) >= 11 is 12.1. The number of hydrogen-bond acceptors (Lipinski definition) is 4. The van der Waals surface area contributed by atoms with Gasteiger partial charge >= 0.3 is 0 Å². The molecule has 178 valence electrons. The third kappa shape index (κ3) is 7.27. The van der Waals surface area contributed by atoms with E-state index in [1.54, 1.807) is 32.2 Å². The minimum atomic E-state index is -0.671. The number of methoxy groups -OCH3 is 1. The number of amides is 2. The van der Waals surface area contributed by atoms with E-state index in [1.165, 1.54) is 11.3 Å². The molecule has 0 bridgehead atoms. The SMILES string of the molecule is COc1cccc(CN(C(=O)COc2ccc(Cl)cc2Cl)C(C)C(=O)NC2CCCCC2)c1. The van der Waals surface area contributed by atoms with Crippen LogP contribution in [-0.4, -0.2) is 42.5 Å². The molecule has 1 unspecified atom stereocenters. The van der Waals surface area contributed by atoms with Gasteiger partial charge in [0.2, 0.25) is 5.91 Å². The smallest absolute Gasteiger partial charge is 0.261 e. The summed E-state index contributed by atoms with van der Waals surface area (Å²) in [7, 11) is 1.59. The van der Waals surface area contributed by atoms with E-state index < -0.39 is 6.04 Å². The van der Waals surface area contributed by atoms with E-state index in [0.717, 1.165) is 31.2 Å². The minimum absolute atomic E-state index is 0.159. The Morgan fingerprint density at radius 2 is 1.88 bits per heavy atom. The summed E-state index contributed by atoms with van der Waals surface area (Å²) < 4.78 is 11.0. The molecule has 2 aromatic rings. The Morgan fingerprint density at radius 3 is 2.58 bits per heavy atom. The molecule has 1 N–H and O–H groups in total. The molecule has 1 aliphatic carbocycles. The summed E-state index contributed by atoms with van der Waals surface area (Å²) in [6, 6.07) is 11.7. The van der Waals surface area contributed by atoms with Gasteiger partial charge in [-0.15, -0.1) is 0 Å². The van der Waals surface area contributed by atoms with Crippen molar-refractivity contribution >= 4 is 35.0 Å². The van der Waals surface area contributed by atoms with Crippen LogP contribution >= 0.6 is 23.2 Å². The fraction of sp³-hybridized carbons (Fsp3) is 0.440. The molecule has 0 radical (unpaired) electrons. The maximum Gasteiger partial charge on any atom is 0.261 e. The van der Waals surface area contributed by atoms with Crippen LogP contribution < -0.4 is 14.8 Å². The van der Waals surface area contributed by atoms with Gasteiger partial charge in [-0.25, -0.2) is 0 Å². The second-order valence-corrected chi connectivity index (χ2v) is 9.10. The van der Waals surface area contributed by atoms with E-state index in [-0.39, 0.29) is 31.0 Å². The molecular formula is C25H30Cl2N2O4. The van der Waals surface area contributed by atoms with Gasteiger partial charge in [-0.2, -0.15) is 0 Å². The summed E-state index contributed by atoms with van der Waals surface area (Å²) in [5.74, 6) is 0.552. The van der Waals surface area contributed by atoms with Gasteiger partial charge < -0.3 is 19.7 Å². The van der Waals surface area contributed by atoms with Gasteiger partial charge in [0.25, 0.3) is 5.91 Å². The number of benzene rings is 2. The molecular weight excluding hydrogens is 463 g/mol. The average Bonchev–Trinajstić information content (AvgIpc) is 2.82. The highest BCUT2D eigenvalue weighted by Gasteiger charge is 2.28. The largest absolute Gasteiger partial charge is 0.497 e. The zero-order chi connectivity index (χ0) is 23.8. The van der Waals surface area contributed by atoms with Crippen molar-refractivity contribution in [2.24, 2.45) is 0 Å². The molecule has 33 heavy (non-hydrogen) atoms. The van der Waals surface area contributed by atoms with Crippen LogP contribution in [0.15, 0.2) is 42.5 Å². The maximum absolute atomic E-state index is 13.2. The Balaban J connectivity index is 1.74. The molecule has 2 amide bonds. The third-order valence-electron chi connectivity index (χ3n) is 5.85. The molecule has 0 spiro atoms. The van der Waals surface area contributed by atoms with Crippen LogP contribution in [0.2, 0.25) is 10.0 Å². The van der Waals surface area contributed by atoms with E-state index in [9.17, 15) is 9.59 Å². The normalized spacial score (nSPS) is 14.9. The van der Waals surface area contributed by atoms with Gasteiger partial charge in [0.1, 0.15) is 17.5 Å². The van der Waals surface area contributed by atoms with E-state index >= 15 is 0 Å². The van der Waals surface area contributed by atoms with Crippen molar-refractivity contribution in [1.29, 1.82) is 0 Å². The molecule has 3 rings (SSSR count). The maximum atomic E-state index is 13.2. The van der Waals surface area contributed by atoms with Crippen molar-refractivity contribution in [2.45, 2.75) is 57.7 Å². The van der Waals surface area contributed by atoms with Gasteiger partial charge in [0.15, 0.2) is 6.61 Å². The van der Waals surface area contributed by atoms with Crippen molar-refractivity contribution in [3.8, 4) is 11.5 Å². The lowest BCUT2D eigenvalue weighted by Crippen LogP contribution is -2.51. The molecule has 0 saturated heterocycles. The molecule has 0 heterocycles. The first-order valence-electron chi connectivity index (χ1n) is 11.2. The fourth-order valence-electron chi connectivity index (χ4n) is 3.93. The monoisotopic (exact) mass is 492 g/mol. The van der Waals surface area contributed by atoms with Gasteiger partial charge in [-0.3, -0.25) is 9.59 Å². The Hall–Kier alpha value is -2.44. The second-order valence-electron chi connectivity index (χ2n) is 8.26. The number of carbonyl (C=O) groups excluding carboxylic acids is 2. The van der Waals surface area contributed by atoms with E-state index in [2.05, 4.69) is 5.32 Å². The molecule has 6 nitrogen and oxygen atoms in total. The predicted molar refractivity (Wildman–Crippen MR) is 130 cm³/mol. The zero-order valence-electron chi connectivity index (χ0n) is 19.0. The number of ether oxygens (including phenoxy) is 2. The lowest BCUT2D eigenvalue weighted by atomic mass is 9.95. The second kappa shape index (κ2) is 12.1. The highest BCUT2D eigenvalue weighted by molar-refractivity contribution is 6.35. The van der Waals surface area contributed by atoms with E-state index in [4.69, 9.17) is 32.7 Å². The van der Waals surface area contributed by atoms with Crippen molar-refractivity contribution in [3.05, 3.63) is 58.1 Å². The Morgan fingerprint density at radius 1 is 1.12 bits per heavy atom. The lowest BCUT2D eigenvalue weighted by Gasteiger charge is -2.31. The van der Waals surface area contributed by atoms with Crippen LogP contribution in [0.3, 0.4) is 0 Å². The number of rotatable bonds is 9. The van der Waals surface area contributed by atoms with Gasteiger partial charge in [-0.05, 0) is 55.7 Å². The predicted octanol–water partition coefficient (Wildman–Crippen LogP) is 5.25. The first-order valence-corrected chi connectivity index (χ1v) is 11.9. The quantitative estimate of drug-likeness (QED) is 0.519. The van der Waals surface area contributed by atoms with Gasteiger partial charge in [-0.1, -0.05) is 54.6 Å². The number of hydrogen-bond donors (Lipinski definition) is 1. The van der Waals surface area contributed by atoms with Crippen LogP contribution in [0.5, 0.6) is 11.5 Å². The van der Waals surface area contributed by atoms with Crippen LogP contribution in [0.4, 0.5) is 0 Å². The molecule has 1 atom stereocenters. The zero-order valence-corrected chi connectivity index (χ0v) is 20.5. The summed E-state index contributed by atoms with van der Waals surface area (Å²) in [5.41, 5.74) is 0.851. The van der Waals surface area contributed by atoms with Crippen LogP contribution in [0, 0.1) is 0 Å². The summed E-state index contributed by atoms with van der Waals surface area (Å²) in [6.07, 6.45) is 5.37. The van der Waals surface area contributed by atoms with E-state index in [1.807, 2.05) is 24.3 Å². The first-order chi connectivity index (χ1) is 15.9. The standard InChI is InChI=1S/C25H30Cl2N2O4/c1-17(25(31)28-20-8-4-3-5-9-20)29(15-18-7-6-10-21(13-18)32-2)24(30)16-33-23-12-11-19(26)14-22(23)27/h6-7,10-14,17,20H,3-5,8-9,15-16H2,1-2H3,(H,28,31). The third-order valence-corrected chi connectivity index (χ3v) is 6.38. The Bertz CT molecular complexity index is 963. The van der Waals surface area contributed by atoms with Crippen LogP contribution in [-0.2, 0) is 16.1 Å². The summed E-state index contributed by atoms with van der Waals surface area (Å²) in [5, 5.41) is 3.91. The molecule has 0 aliphatic heterocycles. The molecule has 1 fully saturated rings. The van der Waals surface area contributed by atoms with E-state index in [0.29, 0.717) is 21.5 Å². The Kier molecular flexibility index (Phi) is 9.27. The minimum Gasteiger partial charge on any atom is -0.497 e.